The minimum Gasteiger partial charge on any atom is -0.489 e. The Labute approximate surface area is 137 Å². The van der Waals surface area contributed by atoms with Crippen LogP contribution in [0.1, 0.15) is 20.3 Å². The lowest BCUT2D eigenvalue weighted by atomic mass is 10.2. The van der Waals surface area contributed by atoms with Crippen molar-refractivity contribution in [3.63, 3.8) is 0 Å². The lowest BCUT2D eigenvalue weighted by Crippen LogP contribution is -2.48. The molecule has 0 atom stereocenters. The molecule has 1 aromatic rings. The van der Waals surface area contributed by atoms with Crippen molar-refractivity contribution in [2.45, 2.75) is 26.4 Å². The van der Waals surface area contributed by atoms with Crippen LogP contribution in [0.15, 0.2) is 24.3 Å². The molecule has 0 radical (unpaired) electrons. The number of anilines is 1. The lowest BCUT2D eigenvalue weighted by Gasteiger charge is -2.32. The summed E-state index contributed by atoms with van der Waals surface area (Å²) < 4.78 is 5.75. The van der Waals surface area contributed by atoms with Gasteiger partial charge in [0.25, 0.3) is 0 Å². The average molecular weight is 319 g/mol. The van der Waals surface area contributed by atoms with Crippen molar-refractivity contribution in [1.82, 2.24) is 9.80 Å². The predicted octanol–water partition coefficient (Wildman–Crippen LogP) is 1.58. The van der Waals surface area contributed by atoms with E-state index in [1.54, 1.807) is 4.90 Å². The molecule has 1 aliphatic heterocycles. The van der Waals surface area contributed by atoms with Gasteiger partial charge in [-0.25, -0.2) is 0 Å². The largest absolute Gasteiger partial charge is 0.489 e. The maximum Gasteiger partial charge on any atom is 0.224 e. The molecule has 1 N–H and O–H groups in total. The summed E-state index contributed by atoms with van der Waals surface area (Å²) in [7, 11) is 0. The highest BCUT2D eigenvalue weighted by Crippen LogP contribution is 2.24. The number of ether oxygens (including phenoxy) is 1. The quantitative estimate of drug-likeness (QED) is 0.775. The normalized spacial score (nSPS) is 14.7. The average Bonchev–Trinajstić information content (AvgIpc) is 2.56. The molecule has 1 aromatic carbocycles. The van der Waals surface area contributed by atoms with Gasteiger partial charge in [-0.1, -0.05) is 12.1 Å². The van der Waals surface area contributed by atoms with E-state index in [9.17, 15) is 9.59 Å². The minimum atomic E-state index is 0.105. The Balaban J connectivity index is 1.79. The summed E-state index contributed by atoms with van der Waals surface area (Å²) in [6.07, 6.45) is 1.38. The smallest absolute Gasteiger partial charge is 0.224 e. The van der Waals surface area contributed by atoms with Crippen molar-refractivity contribution in [2.75, 3.05) is 38.0 Å². The van der Waals surface area contributed by atoms with Crippen molar-refractivity contribution in [3.8, 4) is 5.75 Å². The number of hydrogen-bond donors (Lipinski definition) is 1. The minimum absolute atomic E-state index is 0.105. The fourth-order valence-electron chi connectivity index (χ4n) is 2.51. The Morgan fingerprint density at radius 2 is 1.96 bits per heavy atom. The van der Waals surface area contributed by atoms with Crippen LogP contribution < -0.4 is 10.1 Å². The van der Waals surface area contributed by atoms with E-state index in [0.717, 1.165) is 17.8 Å². The number of amides is 2. The molecule has 0 saturated carbocycles. The van der Waals surface area contributed by atoms with E-state index in [4.69, 9.17) is 4.74 Å². The molecule has 1 heterocycles. The molecule has 0 aromatic heterocycles. The van der Waals surface area contributed by atoms with Crippen LogP contribution in [0.25, 0.3) is 0 Å². The Morgan fingerprint density at radius 1 is 1.26 bits per heavy atom. The molecule has 1 fully saturated rings. The maximum absolute atomic E-state index is 12.2. The van der Waals surface area contributed by atoms with Crippen molar-refractivity contribution < 1.29 is 14.3 Å². The van der Waals surface area contributed by atoms with Crippen LogP contribution in [0, 0.1) is 0 Å². The topological polar surface area (TPSA) is 61.9 Å². The summed E-state index contributed by atoms with van der Waals surface area (Å²) in [6.45, 7) is 7.00. The molecule has 0 bridgehead atoms. The first-order valence-corrected chi connectivity index (χ1v) is 8.07. The second-order valence-corrected chi connectivity index (χ2v) is 5.86. The van der Waals surface area contributed by atoms with E-state index in [2.05, 4.69) is 5.32 Å². The van der Waals surface area contributed by atoms with E-state index in [-0.39, 0.29) is 12.0 Å². The second kappa shape index (κ2) is 8.41. The first-order chi connectivity index (χ1) is 11.1. The van der Waals surface area contributed by atoms with Gasteiger partial charge in [0, 0.05) is 39.1 Å². The molecule has 1 aliphatic rings. The molecule has 126 valence electrons. The zero-order valence-electron chi connectivity index (χ0n) is 13.8. The third kappa shape index (κ3) is 5.16. The number of rotatable bonds is 7. The molecular weight excluding hydrogens is 294 g/mol. The lowest BCUT2D eigenvalue weighted by molar-refractivity contribution is -0.134. The number of carbonyl (C=O) groups is 2. The van der Waals surface area contributed by atoms with Crippen molar-refractivity contribution in [3.05, 3.63) is 24.3 Å². The molecule has 0 aliphatic carbocycles. The van der Waals surface area contributed by atoms with Crippen LogP contribution in [0.3, 0.4) is 0 Å². The highest BCUT2D eigenvalue weighted by Gasteiger charge is 2.19. The van der Waals surface area contributed by atoms with E-state index in [0.29, 0.717) is 39.1 Å². The predicted molar refractivity (Wildman–Crippen MR) is 89.5 cm³/mol. The number of carbonyl (C=O) groups excluding carboxylic acids is 2. The highest BCUT2D eigenvalue weighted by molar-refractivity contribution is 5.77. The van der Waals surface area contributed by atoms with Gasteiger partial charge in [-0.15, -0.1) is 0 Å². The van der Waals surface area contributed by atoms with Crippen LogP contribution in [-0.4, -0.2) is 60.9 Å². The number of hydrogen-bond acceptors (Lipinski definition) is 4. The molecule has 6 nitrogen and oxygen atoms in total. The van der Waals surface area contributed by atoms with Gasteiger partial charge in [-0.3, -0.25) is 9.59 Å². The maximum atomic E-state index is 12.2. The van der Waals surface area contributed by atoms with Crippen LogP contribution in [0.5, 0.6) is 5.75 Å². The summed E-state index contributed by atoms with van der Waals surface area (Å²) in [5.74, 6) is 0.917. The fourth-order valence-corrected chi connectivity index (χ4v) is 2.51. The second-order valence-electron chi connectivity index (χ2n) is 5.86. The van der Waals surface area contributed by atoms with E-state index in [1.165, 1.54) is 0 Å². The summed E-state index contributed by atoms with van der Waals surface area (Å²) >= 11 is 0. The Bertz CT molecular complexity index is 526. The SMILES string of the molecule is CC(C)Oc1ccccc1NCCC(=O)N1CCN(C=O)CC1. The molecule has 0 unspecified atom stereocenters. The van der Waals surface area contributed by atoms with E-state index < -0.39 is 0 Å². The van der Waals surface area contributed by atoms with Gasteiger partial charge in [0.1, 0.15) is 5.75 Å². The Kier molecular flexibility index (Phi) is 6.26. The van der Waals surface area contributed by atoms with Gasteiger partial charge in [-0.2, -0.15) is 0 Å². The fraction of sp³-hybridized carbons (Fsp3) is 0.529. The van der Waals surface area contributed by atoms with Gasteiger partial charge in [0.05, 0.1) is 11.8 Å². The first-order valence-electron chi connectivity index (χ1n) is 8.07. The first kappa shape index (κ1) is 17.1. The molecule has 1 saturated heterocycles. The number of piperazine rings is 1. The number of benzene rings is 1. The monoisotopic (exact) mass is 319 g/mol. The van der Waals surface area contributed by atoms with Crippen molar-refractivity contribution >= 4 is 18.0 Å². The highest BCUT2D eigenvalue weighted by atomic mass is 16.5. The number of nitrogens with zero attached hydrogens (tertiary/aromatic N) is 2. The molecule has 0 spiro atoms. The zero-order chi connectivity index (χ0) is 16.7. The molecule has 2 rings (SSSR count). The van der Waals surface area contributed by atoms with Crippen molar-refractivity contribution in [1.29, 1.82) is 0 Å². The van der Waals surface area contributed by atoms with Gasteiger partial charge in [0.2, 0.25) is 12.3 Å². The van der Waals surface area contributed by atoms with Crippen LogP contribution in [-0.2, 0) is 9.59 Å². The van der Waals surface area contributed by atoms with E-state index in [1.807, 2.05) is 43.0 Å². The summed E-state index contributed by atoms with van der Waals surface area (Å²) in [6, 6.07) is 7.74. The van der Waals surface area contributed by atoms with Gasteiger partial charge in [0.15, 0.2) is 0 Å². The zero-order valence-corrected chi connectivity index (χ0v) is 13.8. The third-order valence-electron chi connectivity index (χ3n) is 3.72. The molecule has 2 amide bonds. The number of para-hydroxylation sites is 2. The Morgan fingerprint density at radius 3 is 2.61 bits per heavy atom. The standard InChI is InChI=1S/C17H25N3O3/c1-14(2)23-16-6-4-3-5-15(16)18-8-7-17(22)20-11-9-19(13-21)10-12-20/h3-6,13-14,18H,7-12H2,1-2H3. The number of nitrogens with one attached hydrogen (secondary N) is 1. The van der Waals surface area contributed by atoms with Gasteiger partial charge < -0.3 is 19.9 Å². The van der Waals surface area contributed by atoms with Crippen molar-refractivity contribution in [2.24, 2.45) is 0 Å². The van der Waals surface area contributed by atoms with Gasteiger partial charge in [-0.05, 0) is 26.0 Å². The molecular formula is C17H25N3O3. The summed E-state index contributed by atoms with van der Waals surface area (Å²) in [5, 5.41) is 3.27. The summed E-state index contributed by atoms with van der Waals surface area (Å²) in [4.78, 5) is 26.4. The van der Waals surface area contributed by atoms with Crippen LogP contribution in [0.2, 0.25) is 0 Å². The van der Waals surface area contributed by atoms with Crippen LogP contribution in [0.4, 0.5) is 5.69 Å². The third-order valence-corrected chi connectivity index (χ3v) is 3.72. The van der Waals surface area contributed by atoms with Crippen LogP contribution >= 0.6 is 0 Å². The Hall–Kier alpha value is -2.24. The summed E-state index contributed by atoms with van der Waals surface area (Å²) in [5.41, 5.74) is 0.903. The van der Waals surface area contributed by atoms with Gasteiger partial charge >= 0.3 is 0 Å². The molecule has 6 heteroatoms. The van der Waals surface area contributed by atoms with E-state index >= 15 is 0 Å². The molecule has 23 heavy (non-hydrogen) atoms.